The summed E-state index contributed by atoms with van der Waals surface area (Å²) in [6.45, 7) is 2.73. The summed E-state index contributed by atoms with van der Waals surface area (Å²) in [5.41, 5.74) is 3.59. The van der Waals surface area contributed by atoms with Crippen molar-refractivity contribution in [2.45, 2.75) is 57.3 Å². The maximum Gasteiger partial charge on any atom is 0.329 e. The van der Waals surface area contributed by atoms with Gasteiger partial charge in [0.2, 0.25) is 0 Å². The zero-order chi connectivity index (χ0) is 28.2. The van der Waals surface area contributed by atoms with Gasteiger partial charge < -0.3 is 19.8 Å². The molecule has 0 spiro atoms. The van der Waals surface area contributed by atoms with Crippen LogP contribution in [0.3, 0.4) is 0 Å². The highest BCUT2D eigenvalue weighted by atomic mass is 16.4. The van der Waals surface area contributed by atoms with Crippen molar-refractivity contribution >= 4 is 29.4 Å². The summed E-state index contributed by atoms with van der Waals surface area (Å²) in [4.78, 5) is 46.9. The number of anilines is 2. The Hall–Kier alpha value is -4.33. The van der Waals surface area contributed by atoms with Gasteiger partial charge in [0.15, 0.2) is 6.04 Å². The minimum atomic E-state index is -1.15. The first-order valence-corrected chi connectivity index (χ1v) is 13.9. The van der Waals surface area contributed by atoms with E-state index in [0.29, 0.717) is 30.8 Å². The van der Waals surface area contributed by atoms with Gasteiger partial charge in [0, 0.05) is 20.1 Å². The van der Waals surface area contributed by atoms with Crippen LogP contribution in [0.5, 0.6) is 0 Å². The molecule has 3 aromatic carbocycles. The van der Waals surface area contributed by atoms with E-state index in [1.807, 2.05) is 72.8 Å². The summed E-state index contributed by atoms with van der Waals surface area (Å²) in [7, 11) is 1.75. The van der Waals surface area contributed by atoms with Gasteiger partial charge >= 0.3 is 18.0 Å². The predicted molar refractivity (Wildman–Crippen MR) is 154 cm³/mol. The highest BCUT2D eigenvalue weighted by Gasteiger charge is 2.54. The first-order valence-electron chi connectivity index (χ1n) is 13.9. The molecule has 2 heterocycles. The molecule has 0 aromatic heterocycles. The molecule has 2 bridgehead atoms. The number of carboxylic acid groups (broad SMARTS) is 1. The molecule has 2 aliphatic heterocycles. The molecule has 2 fully saturated rings. The molecule has 0 unspecified atom stereocenters. The largest absolute Gasteiger partial charge is 0.480 e. The van der Waals surface area contributed by atoms with Crippen molar-refractivity contribution in [2.75, 3.05) is 18.5 Å². The van der Waals surface area contributed by atoms with Gasteiger partial charge in [-0.15, -0.1) is 0 Å². The van der Waals surface area contributed by atoms with Crippen LogP contribution >= 0.6 is 0 Å². The van der Waals surface area contributed by atoms with E-state index in [4.69, 9.17) is 0 Å². The summed E-state index contributed by atoms with van der Waals surface area (Å²) in [6.07, 6.45) is 3.28. The van der Waals surface area contributed by atoms with Crippen molar-refractivity contribution in [3.63, 3.8) is 0 Å². The number of aliphatic carboxylic acids is 1. The second-order valence-corrected chi connectivity index (χ2v) is 10.6. The minimum Gasteiger partial charge on any atom is -0.480 e. The quantitative estimate of drug-likeness (QED) is 0.414. The van der Waals surface area contributed by atoms with Gasteiger partial charge in [0.1, 0.15) is 0 Å². The van der Waals surface area contributed by atoms with Crippen LogP contribution in [0.4, 0.5) is 21.0 Å². The lowest BCUT2D eigenvalue weighted by Crippen LogP contribution is -2.67. The molecule has 0 aliphatic carbocycles. The number of para-hydroxylation sites is 2. The fourth-order valence-corrected chi connectivity index (χ4v) is 6.03. The first-order chi connectivity index (χ1) is 19.4. The Labute approximate surface area is 235 Å². The Balaban J connectivity index is 1.38. The molecule has 2 saturated heterocycles. The SMILES string of the molecule is CCCc1ccc(CN(C)C(=O)N2[C@H]3CC[C@@H]2[C@@H](C(=O)O)N(C(=O)N(c2ccccc2)c2ccccc2)C3)cc1. The number of hydrogen-bond donors (Lipinski definition) is 1. The summed E-state index contributed by atoms with van der Waals surface area (Å²) in [5, 5.41) is 10.4. The van der Waals surface area contributed by atoms with Crippen LogP contribution in [0.25, 0.3) is 0 Å². The molecule has 0 saturated carbocycles. The van der Waals surface area contributed by atoms with Crippen molar-refractivity contribution in [2.24, 2.45) is 0 Å². The summed E-state index contributed by atoms with van der Waals surface area (Å²) < 4.78 is 0. The third-order valence-electron chi connectivity index (χ3n) is 7.90. The molecule has 40 heavy (non-hydrogen) atoms. The Morgan fingerprint density at radius 1 is 0.825 bits per heavy atom. The number of nitrogens with zero attached hydrogens (tertiary/aromatic N) is 4. The number of aryl methyl sites for hydroxylation is 1. The fourth-order valence-electron chi connectivity index (χ4n) is 6.03. The number of hydrogen-bond acceptors (Lipinski definition) is 3. The molecule has 3 atom stereocenters. The van der Waals surface area contributed by atoms with Crippen LogP contribution in [-0.4, -0.2) is 69.6 Å². The van der Waals surface area contributed by atoms with Crippen molar-refractivity contribution in [3.8, 4) is 0 Å². The lowest BCUT2D eigenvalue weighted by molar-refractivity contribution is -0.145. The first kappa shape index (κ1) is 27.2. The number of amides is 4. The smallest absolute Gasteiger partial charge is 0.329 e. The molecule has 4 amide bonds. The molecular weight excluding hydrogens is 504 g/mol. The minimum absolute atomic E-state index is 0.160. The van der Waals surface area contributed by atoms with E-state index >= 15 is 0 Å². The molecule has 0 radical (unpaired) electrons. The molecule has 3 aromatic rings. The van der Waals surface area contributed by atoms with Crippen molar-refractivity contribution in [1.29, 1.82) is 0 Å². The van der Waals surface area contributed by atoms with Crippen molar-refractivity contribution in [1.82, 2.24) is 14.7 Å². The lowest BCUT2D eigenvalue weighted by atomic mass is 10.0. The maximum absolute atomic E-state index is 14.1. The van der Waals surface area contributed by atoms with E-state index < -0.39 is 24.1 Å². The monoisotopic (exact) mass is 540 g/mol. The number of carbonyl (C=O) groups excluding carboxylic acids is 2. The normalized spacial score (nSPS) is 19.8. The fraction of sp³-hybridized carbons (Fsp3) is 0.344. The number of carboxylic acids is 1. The van der Waals surface area contributed by atoms with Gasteiger partial charge in [-0.05, 0) is 54.7 Å². The van der Waals surface area contributed by atoms with E-state index in [9.17, 15) is 19.5 Å². The summed E-state index contributed by atoms with van der Waals surface area (Å²) in [6, 6.07) is 24.1. The second kappa shape index (κ2) is 11.8. The van der Waals surface area contributed by atoms with Gasteiger partial charge in [0.25, 0.3) is 0 Å². The van der Waals surface area contributed by atoms with Gasteiger partial charge in [-0.25, -0.2) is 14.4 Å². The number of benzene rings is 3. The molecule has 8 nitrogen and oxygen atoms in total. The Bertz CT molecular complexity index is 1290. The Kier molecular flexibility index (Phi) is 8.05. The third-order valence-corrected chi connectivity index (χ3v) is 7.90. The van der Waals surface area contributed by atoms with Crippen LogP contribution in [0.1, 0.15) is 37.3 Å². The number of likely N-dealkylation sites (tertiary alicyclic amines) is 1. The van der Waals surface area contributed by atoms with Gasteiger partial charge in [-0.2, -0.15) is 0 Å². The zero-order valence-corrected chi connectivity index (χ0v) is 23.0. The van der Waals surface area contributed by atoms with Crippen molar-refractivity contribution in [3.05, 3.63) is 96.1 Å². The van der Waals surface area contributed by atoms with Crippen LogP contribution in [0, 0.1) is 0 Å². The number of fused-ring (bicyclic) bond motifs is 2. The van der Waals surface area contributed by atoms with E-state index in [2.05, 4.69) is 19.1 Å². The average molecular weight is 541 g/mol. The highest BCUT2D eigenvalue weighted by Crippen LogP contribution is 2.37. The standard InChI is InChI=1S/C32H36N4O4/c1-3-10-23-15-17-24(18-16-23)21-33(2)31(39)36-27-19-20-28(36)29(30(37)38)34(22-27)32(40)35(25-11-6-4-7-12-25)26-13-8-5-9-14-26/h4-9,11-18,27-29H,3,10,19-22H2,1-2H3,(H,37,38)/t27-,28+,29-/m0/s1. The van der Waals surface area contributed by atoms with Crippen LogP contribution in [0.2, 0.25) is 0 Å². The topological polar surface area (TPSA) is 84.4 Å². The van der Waals surface area contributed by atoms with Gasteiger partial charge in [-0.3, -0.25) is 4.90 Å². The second-order valence-electron chi connectivity index (χ2n) is 10.6. The van der Waals surface area contributed by atoms with Crippen LogP contribution < -0.4 is 4.90 Å². The maximum atomic E-state index is 14.1. The Morgan fingerprint density at radius 3 is 1.95 bits per heavy atom. The predicted octanol–water partition coefficient (Wildman–Crippen LogP) is 5.75. The van der Waals surface area contributed by atoms with E-state index in [1.165, 1.54) is 10.5 Å². The van der Waals surface area contributed by atoms with Crippen molar-refractivity contribution < 1.29 is 19.5 Å². The molecule has 5 rings (SSSR count). The van der Waals surface area contributed by atoms with Crippen LogP contribution in [-0.2, 0) is 17.8 Å². The van der Waals surface area contributed by atoms with E-state index in [0.717, 1.165) is 18.4 Å². The molecular formula is C32H36N4O4. The summed E-state index contributed by atoms with van der Waals surface area (Å²) >= 11 is 0. The van der Waals surface area contributed by atoms with Gasteiger partial charge in [0.05, 0.1) is 23.5 Å². The van der Waals surface area contributed by atoms with E-state index in [-0.39, 0.29) is 18.6 Å². The lowest BCUT2D eigenvalue weighted by Gasteiger charge is -2.47. The molecule has 208 valence electrons. The molecule has 8 heteroatoms. The van der Waals surface area contributed by atoms with Crippen LogP contribution in [0.15, 0.2) is 84.9 Å². The summed E-state index contributed by atoms with van der Waals surface area (Å²) in [5.74, 6) is -1.10. The van der Waals surface area contributed by atoms with Gasteiger partial charge in [-0.1, -0.05) is 74.0 Å². The number of rotatable bonds is 7. The molecule has 2 aliphatic rings. The molecule has 1 N–H and O–H groups in total. The number of urea groups is 2. The number of piperazine rings is 1. The number of carbonyl (C=O) groups is 3. The average Bonchev–Trinajstić information content (AvgIpc) is 3.26. The Morgan fingerprint density at radius 2 is 1.40 bits per heavy atom. The third kappa shape index (κ3) is 5.39. The highest BCUT2D eigenvalue weighted by molar-refractivity contribution is 6.01. The zero-order valence-electron chi connectivity index (χ0n) is 23.0. The van der Waals surface area contributed by atoms with E-state index in [1.54, 1.807) is 21.7 Å².